The average molecular weight is 258 g/mol. The minimum Gasteiger partial charge on any atom is -0.227 e. The maximum atomic E-state index is 4.50. The summed E-state index contributed by atoms with van der Waals surface area (Å²) >= 11 is 0. The summed E-state index contributed by atoms with van der Waals surface area (Å²) in [6, 6.07) is 14.0. The van der Waals surface area contributed by atoms with Gasteiger partial charge in [-0.1, -0.05) is 36.4 Å². The van der Waals surface area contributed by atoms with Crippen LogP contribution in [0.2, 0.25) is 0 Å². The Morgan fingerprint density at radius 3 is 2.65 bits per heavy atom. The van der Waals surface area contributed by atoms with E-state index in [9.17, 15) is 0 Å². The molecule has 2 aromatic rings. The summed E-state index contributed by atoms with van der Waals surface area (Å²) in [6.45, 7) is 0. The largest absolute Gasteiger partial charge is 0.227 e. The second-order valence-corrected chi connectivity index (χ2v) is 4.57. The monoisotopic (exact) mass is 258 g/mol. The van der Waals surface area contributed by atoms with E-state index < -0.39 is 0 Å². The van der Waals surface area contributed by atoms with E-state index in [1.54, 1.807) is 6.20 Å². The van der Waals surface area contributed by atoms with Gasteiger partial charge in [-0.05, 0) is 23.8 Å². The number of nitrogens with zero attached hydrogens (tertiary/aromatic N) is 4. The molecule has 0 atom stereocenters. The molecule has 0 aliphatic carbocycles. The molecule has 20 heavy (non-hydrogen) atoms. The predicted octanol–water partition coefficient (Wildman–Crippen LogP) is 2.90. The van der Waals surface area contributed by atoms with Crippen LogP contribution in [0.3, 0.4) is 0 Å². The Morgan fingerprint density at radius 2 is 1.75 bits per heavy atom. The van der Waals surface area contributed by atoms with Gasteiger partial charge in [-0.25, -0.2) is 9.98 Å². The highest BCUT2D eigenvalue weighted by molar-refractivity contribution is 6.00. The van der Waals surface area contributed by atoms with E-state index in [2.05, 4.69) is 20.2 Å². The maximum absolute atomic E-state index is 4.50. The molecule has 2 heterocycles. The van der Waals surface area contributed by atoms with Crippen molar-refractivity contribution >= 4 is 29.5 Å². The van der Waals surface area contributed by atoms with Crippen LogP contribution in [-0.4, -0.2) is 5.84 Å². The van der Waals surface area contributed by atoms with Crippen molar-refractivity contribution in [3.8, 4) is 0 Å². The first-order chi connectivity index (χ1) is 9.88. The predicted molar refractivity (Wildman–Crippen MR) is 78.8 cm³/mol. The Bertz CT molecular complexity index is 890. The Kier molecular flexibility index (Phi) is 2.39. The highest BCUT2D eigenvalue weighted by Crippen LogP contribution is 2.16. The van der Waals surface area contributed by atoms with Crippen LogP contribution in [0.5, 0.6) is 0 Å². The first kappa shape index (κ1) is 11.0. The van der Waals surface area contributed by atoms with Crippen molar-refractivity contribution in [2.75, 3.05) is 0 Å². The molecule has 2 aromatic carbocycles. The Labute approximate surface area is 115 Å². The summed E-state index contributed by atoms with van der Waals surface area (Å²) < 4.78 is 0. The minimum absolute atomic E-state index is 0.712. The van der Waals surface area contributed by atoms with Crippen LogP contribution < -0.4 is 10.6 Å². The number of aliphatic imine (C=N–C) groups is 1. The van der Waals surface area contributed by atoms with Crippen LogP contribution in [0, 0.1) is 0 Å². The molecule has 0 fully saturated rings. The van der Waals surface area contributed by atoms with Crippen LogP contribution in [0.4, 0.5) is 11.4 Å². The first-order valence-electron chi connectivity index (χ1n) is 6.34. The van der Waals surface area contributed by atoms with Crippen molar-refractivity contribution in [3.63, 3.8) is 0 Å². The van der Waals surface area contributed by atoms with Gasteiger partial charge >= 0.3 is 0 Å². The second-order valence-electron chi connectivity index (χ2n) is 4.57. The number of hydrogen-bond donors (Lipinski definition) is 0. The third-order valence-corrected chi connectivity index (χ3v) is 3.18. The molecule has 0 N–H and O–H groups in total. The normalized spacial score (nSPS) is 14.7. The molecule has 0 amide bonds. The summed E-state index contributed by atoms with van der Waals surface area (Å²) in [7, 11) is 0. The molecule has 2 aliphatic rings. The summed E-state index contributed by atoms with van der Waals surface area (Å²) in [6.07, 6.45) is 5.67. The zero-order valence-electron chi connectivity index (χ0n) is 10.6. The zero-order valence-corrected chi connectivity index (χ0v) is 10.6. The lowest BCUT2D eigenvalue weighted by Crippen LogP contribution is -2.06. The van der Waals surface area contributed by atoms with Crippen molar-refractivity contribution in [2.45, 2.75) is 0 Å². The van der Waals surface area contributed by atoms with Crippen LogP contribution in [-0.2, 0) is 0 Å². The smallest absolute Gasteiger partial charge is 0.153 e. The SMILES string of the molecule is C(=Cc1ccccc1)C1=Nc2cc3c(cc2=N1)N=NC=3. The molecule has 4 heteroatoms. The standard InChI is InChI=1S/C16H10N4/c1-2-4-11(5-3-1)6-7-16-18-14-8-12-10-17-20-13(12)9-15(14)19-16/h1-10H. The van der Waals surface area contributed by atoms with Gasteiger partial charge < -0.3 is 0 Å². The van der Waals surface area contributed by atoms with Gasteiger partial charge in [0, 0.05) is 5.22 Å². The van der Waals surface area contributed by atoms with Crippen molar-refractivity contribution in [1.29, 1.82) is 0 Å². The molecule has 0 saturated heterocycles. The second kappa shape index (κ2) is 4.35. The molecular weight excluding hydrogens is 248 g/mol. The fourth-order valence-electron chi connectivity index (χ4n) is 2.19. The molecule has 0 saturated carbocycles. The van der Waals surface area contributed by atoms with E-state index in [0.717, 1.165) is 27.5 Å². The van der Waals surface area contributed by atoms with Crippen LogP contribution >= 0.6 is 0 Å². The van der Waals surface area contributed by atoms with Gasteiger partial charge in [0.25, 0.3) is 0 Å². The molecule has 2 aliphatic heterocycles. The van der Waals surface area contributed by atoms with Gasteiger partial charge in [0.15, 0.2) is 5.84 Å². The summed E-state index contributed by atoms with van der Waals surface area (Å²) in [5.74, 6) is 0.712. The highest BCUT2D eigenvalue weighted by Gasteiger charge is 2.09. The molecule has 4 rings (SSSR count). The Morgan fingerprint density at radius 1 is 0.850 bits per heavy atom. The van der Waals surface area contributed by atoms with Crippen LogP contribution in [0.25, 0.3) is 12.3 Å². The first-order valence-corrected chi connectivity index (χ1v) is 6.34. The third-order valence-electron chi connectivity index (χ3n) is 3.18. The van der Waals surface area contributed by atoms with Gasteiger partial charge in [-0.2, -0.15) is 10.2 Å². The van der Waals surface area contributed by atoms with Gasteiger partial charge in [0.05, 0.1) is 22.9 Å². The number of fused-ring (bicyclic) bond motifs is 2. The maximum Gasteiger partial charge on any atom is 0.153 e. The topological polar surface area (TPSA) is 49.4 Å². The molecule has 0 bridgehead atoms. The summed E-state index contributed by atoms with van der Waals surface area (Å²) in [5.41, 5.74) is 2.86. The van der Waals surface area contributed by atoms with E-state index in [0.29, 0.717) is 5.84 Å². The van der Waals surface area contributed by atoms with E-state index >= 15 is 0 Å². The zero-order chi connectivity index (χ0) is 13.4. The number of benzene rings is 2. The number of amidine groups is 1. The average Bonchev–Trinajstić information content (AvgIpc) is 3.08. The van der Waals surface area contributed by atoms with Crippen molar-refractivity contribution in [2.24, 2.45) is 20.2 Å². The van der Waals surface area contributed by atoms with Crippen molar-refractivity contribution < 1.29 is 0 Å². The van der Waals surface area contributed by atoms with E-state index in [4.69, 9.17) is 0 Å². The summed E-state index contributed by atoms with van der Waals surface area (Å²) in [5, 5.41) is 9.77. The Balaban J connectivity index is 1.69. The molecule has 0 unspecified atom stereocenters. The van der Waals surface area contributed by atoms with E-state index in [1.165, 1.54) is 0 Å². The third kappa shape index (κ3) is 1.87. The summed E-state index contributed by atoms with van der Waals surface area (Å²) in [4.78, 5) is 9.00. The van der Waals surface area contributed by atoms with Crippen molar-refractivity contribution in [3.05, 3.63) is 64.7 Å². The molecule has 0 aromatic heterocycles. The molecule has 0 spiro atoms. The quantitative estimate of drug-likeness (QED) is 0.795. The molecule has 94 valence electrons. The van der Waals surface area contributed by atoms with E-state index in [-0.39, 0.29) is 0 Å². The number of hydrogen-bond acceptors (Lipinski definition) is 4. The van der Waals surface area contributed by atoms with Gasteiger partial charge in [0.1, 0.15) is 0 Å². The van der Waals surface area contributed by atoms with E-state index in [1.807, 2.05) is 54.6 Å². The highest BCUT2D eigenvalue weighted by atomic mass is 15.1. The lowest BCUT2D eigenvalue weighted by molar-refractivity contribution is 1.31. The minimum atomic E-state index is 0.712. The molecule has 0 radical (unpaired) electrons. The number of rotatable bonds is 2. The number of azo groups is 1. The van der Waals surface area contributed by atoms with Gasteiger partial charge in [-0.15, -0.1) is 0 Å². The van der Waals surface area contributed by atoms with Crippen LogP contribution in [0.1, 0.15) is 5.56 Å². The lowest BCUT2D eigenvalue weighted by atomic mass is 10.2. The molecule has 4 nitrogen and oxygen atoms in total. The lowest BCUT2D eigenvalue weighted by Gasteiger charge is -1.90. The van der Waals surface area contributed by atoms with Gasteiger partial charge in [0.2, 0.25) is 0 Å². The molecular formula is C16H10N4. The van der Waals surface area contributed by atoms with Gasteiger partial charge in [-0.3, -0.25) is 0 Å². The van der Waals surface area contributed by atoms with Crippen LogP contribution in [0.15, 0.2) is 68.8 Å². The Hall–Kier alpha value is -2.88. The fourth-order valence-corrected chi connectivity index (χ4v) is 2.19. The fraction of sp³-hybridized carbons (Fsp3) is 0. The van der Waals surface area contributed by atoms with Crippen molar-refractivity contribution in [1.82, 2.24) is 0 Å².